The summed E-state index contributed by atoms with van der Waals surface area (Å²) < 4.78 is 30.6. The molecule has 37 heavy (non-hydrogen) atoms. The van der Waals surface area contributed by atoms with Crippen LogP contribution < -0.4 is 4.90 Å². The highest BCUT2D eigenvalue weighted by Crippen LogP contribution is 2.45. The first kappa shape index (κ1) is 26.2. The van der Waals surface area contributed by atoms with Crippen molar-refractivity contribution in [2.75, 3.05) is 18.0 Å². The van der Waals surface area contributed by atoms with Gasteiger partial charge in [-0.1, -0.05) is 53.0 Å². The van der Waals surface area contributed by atoms with Crippen LogP contribution in [0.2, 0.25) is 10.0 Å². The Balaban J connectivity index is 1.65. The maximum Gasteiger partial charge on any atom is 0.260 e. The average Bonchev–Trinajstić information content (AvgIpc) is 3.33. The second kappa shape index (κ2) is 9.10. The van der Waals surface area contributed by atoms with Crippen molar-refractivity contribution in [3.05, 3.63) is 69.8 Å². The number of anilines is 2. The smallest absolute Gasteiger partial charge is 0.260 e. The van der Waals surface area contributed by atoms with Crippen LogP contribution in [0.5, 0.6) is 0 Å². The van der Waals surface area contributed by atoms with Gasteiger partial charge in [0.05, 0.1) is 17.5 Å². The predicted octanol–water partition coefficient (Wildman–Crippen LogP) is 4.67. The number of halogens is 2. The monoisotopic (exact) mass is 562 g/mol. The number of fused-ring (bicyclic) bond motifs is 1. The van der Waals surface area contributed by atoms with Gasteiger partial charge in [0.15, 0.2) is 5.03 Å². The van der Waals surface area contributed by atoms with E-state index in [9.17, 15) is 18.3 Å². The molecule has 0 radical (unpaired) electrons. The van der Waals surface area contributed by atoms with Crippen LogP contribution in [0.3, 0.4) is 0 Å². The molecule has 0 aliphatic carbocycles. The molecule has 2 aliphatic rings. The van der Waals surface area contributed by atoms with Gasteiger partial charge in [0.25, 0.3) is 15.9 Å². The van der Waals surface area contributed by atoms with Crippen LogP contribution in [0.15, 0.2) is 53.7 Å². The van der Waals surface area contributed by atoms with Crippen LogP contribution >= 0.6 is 23.2 Å². The van der Waals surface area contributed by atoms with E-state index >= 15 is 0 Å². The van der Waals surface area contributed by atoms with Crippen molar-refractivity contribution < 1.29 is 18.3 Å². The lowest BCUT2D eigenvalue weighted by Gasteiger charge is -2.35. The Kier molecular flexibility index (Phi) is 6.44. The molecule has 2 aromatic carbocycles. The van der Waals surface area contributed by atoms with E-state index in [2.05, 4.69) is 4.98 Å². The lowest BCUT2D eigenvalue weighted by atomic mass is 9.91. The number of nitrogens with zero attached hydrogens (tertiary/aromatic N) is 4. The summed E-state index contributed by atoms with van der Waals surface area (Å²) in [6.45, 7) is 5.76. The number of sulfonamides is 1. The van der Waals surface area contributed by atoms with Crippen molar-refractivity contribution in [1.82, 2.24) is 13.9 Å². The van der Waals surface area contributed by atoms with E-state index in [1.54, 1.807) is 32.0 Å². The van der Waals surface area contributed by atoms with Crippen molar-refractivity contribution in [3.63, 3.8) is 0 Å². The third-order valence-electron chi connectivity index (χ3n) is 7.25. The fourth-order valence-corrected chi connectivity index (χ4v) is 7.20. The SMILES string of the molecule is Cc1ccc(C[C@]2(C)C(=O)N(c3cc(Cl)cc(Cl)c3)c3ncc(S(=O)(=O)N4CCC(C)(O)CC4)n32)cc1. The number of aromatic nitrogens is 2. The Bertz CT molecular complexity index is 1460. The summed E-state index contributed by atoms with van der Waals surface area (Å²) in [6.07, 6.45) is 2.19. The first-order valence-electron chi connectivity index (χ1n) is 12.0. The van der Waals surface area contributed by atoms with Gasteiger partial charge in [-0.25, -0.2) is 18.3 Å². The van der Waals surface area contributed by atoms with E-state index < -0.39 is 21.2 Å². The van der Waals surface area contributed by atoms with Crippen molar-refractivity contribution >= 4 is 50.8 Å². The van der Waals surface area contributed by atoms with Gasteiger partial charge in [-0.3, -0.25) is 9.36 Å². The Morgan fingerprint density at radius 1 is 1.03 bits per heavy atom. The molecule has 1 fully saturated rings. The van der Waals surface area contributed by atoms with Gasteiger partial charge < -0.3 is 5.11 Å². The zero-order valence-corrected chi connectivity index (χ0v) is 23.1. The number of amides is 1. The molecule has 2 aliphatic heterocycles. The predicted molar refractivity (Wildman–Crippen MR) is 143 cm³/mol. The molecule has 1 aromatic heterocycles. The summed E-state index contributed by atoms with van der Waals surface area (Å²) >= 11 is 12.5. The quantitative estimate of drug-likeness (QED) is 0.487. The van der Waals surface area contributed by atoms with Crippen LogP contribution in [-0.2, 0) is 26.8 Å². The molecule has 8 nitrogen and oxygen atoms in total. The first-order chi connectivity index (χ1) is 17.3. The van der Waals surface area contributed by atoms with E-state index in [1.807, 2.05) is 31.2 Å². The molecule has 0 spiro atoms. The highest BCUT2D eigenvalue weighted by Gasteiger charge is 2.52. The van der Waals surface area contributed by atoms with Crippen LogP contribution in [-0.4, -0.2) is 52.0 Å². The zero-order valence-electron chi connectivity index (χ0n) is 20.8. The van der Waals surface area contributed by atoms with Crippen molar-refractivity contribution in [3.8, 4) is 0 Å². The lowest BCUT2D eigenvalue weighted by Crippen LogP contribution is -2.47. The molecule has 11 heteroatoms. The summed E-state index contributed by atoms with van der Waals surface area (Å²) in [4.78, 5) is 19.9. The van der Waals surface area contributed by atoms with E-state index in [0.29, 0.717) is 28.6 Å². The van der Waals surface area contributed by atoms with E-state index in [1.165, 1.54) is 20.0 Å². The van der Waals surface area contributed by atoms with Gasteiger partial charge in [0.2, 0.25) is 5.95 Å². The zero-order chi connectivity index (χ0) is 26.8. The molecule has 1 saturated heterocycles. The Labute approximate surface area is 226 Å². The highest BCUT2D eigenvalue weighted by atomic mass is 35.5. The van der Waals surface area contributed by atoms with Gasteiger partial charge >= 0.3 is 0 Å². The number of imidazole rings is 1. The van der Waals surface area contributed by atoms with Crippen LogP contribution in [0.1, 0.15) is 37.8 Å². The van der Waals surface area contributed by atoms with E-state index in [-0.39, 0.29) is 36.4 Å². The molecule has 3 heterocycles. The largest absolute Gasteiger partial charge is 0.390 e. The summed E-state index contributed by atoms with van der Waals surface area (Å²) in [5.74, 6) is -0.159. The molecule has 0 bridgehead atoms. The van der Waals surface area contributed by atoms with Gasteiger partial charge in [-0.05, 0) is 57.4 Å². The van der Waals surface area contributed by atoms with Crippen LogP contribution in [0.4, 0.5) is 11.6 Å². The minimum absolute atomic E-state index is 0.0670. The number of carbonyl (C=O) groups is 1. The van der Waals surface area contributed by atoms with E-state index in [4.69, 9.17) is 23.2 Å². The molecule has 1 atom stereocenters. The maximum atomic E-state index is 14.1. The first-order valence-corrected chi connectivity index (χ1v) is 14.2. The lowest BCUT2D eigenvalue weighted by molar-refractivity contribution is -0.124. The third kappa shape index (κ3) is 4.57. The molecule has 0 saturated carbocycles. The number of aryl methyl sites for hydroxylation is 1. The number of carbonyl (C=O) groups excluding carboxylic acids is 1. The number of hydrogen-bond acceptors (Lipinski definition) is 5. The molecular weight excluding hydrogens is 535 g/mol. The van der Waals surface area contributed by atoms with E-state index in [0.717, 1.165) is 11.1 Å². The number of benzene rings is 2. The molecule has 3 aromatic rings. The molecule has 1 N–H and O–H groups in total. The molecule has 1 amide bonds. The topological polar surface area (TPSA) is 95.7 Å². The molecule has 5 rings (SSSR count). The van der Waals surface area contributed by atoms with Gasteiger partial charge in [0.1, 0.15) is 5.54 Å². The standard InChI is InChI=1S/C26H28Cl2N4O4S/c1-17-4-6-18(7-5-17)15-26(3)23(33)31(21-13-19(27)12-20(28)14-21)24-29-16-22(32(24)26)37(35,36)30-10-8-25(2,34)9-11-30/h4-7,12-14,16,34H,8-11,15H2,1-3H3/t26-/m1/s1. The second-order valence-electron chi connectivity index (χ2n) is 10.3. The molecule has 196 valence electrons. The summed E-state index contributed by atoms with van der Waals surface area (Å²) in [5, 5.41) is 11.0. The van der Waals surface area contributed by atoms with Crippen LogP contribution in [0.25, 0.3) is 0 Å². The number of aliphatic hydroxyl groups is 1. The minimum Gasteiger partial charge on any atom is -0.390 e. The van der Waals surface area contributed by atoms with Gasteiger partial charge in [-0.15, -0.1) is 0 Å². The second-order valence-corrected chi connectivity index (χ2v) is 13.1. The molecular formula is C26H28Cl2N4O4S. The van der Waals surface area contributed by atoms with Crippen molar-refractivity contribution in [1.29, 1.82) is 0 Å². The van der Waals surface area contributed by atoms with Crippen molar-refractivity contribution in [2.24, 2.45) is 0 Å². The summed E-state index contributed by atoms with van der Waals surface area (Å²) in [7, 11) is -4.02. The minimum atomic E-state index is -4.02. The molecule has 0 unspecified atom stereocenters. The van der Waals surface area contributed by atoms with Crippen molar-refractivity contribution in [2.45, 2.75) is 56.2 Å². The normalized spacial score (nSPS) is 21.9. The summed E-state index contributed by atoms with van der Waals surface area (Å²) in [6, 6.07) is 12.5. The number of hydrogen-bond donors (Lipinski definition) is 1. The third-order valence-corrected chi connectivity index (χ3v) is 9.54. The number of rotatable bonds is 5. The Morgan fingerprint density at radius 3 is 2.22 bits per heavy atom. The Morgan fingerprint density at radius 2 is 1.62 bits per heavy atom. The maximum absolute atomic E-state index is 14.1. The van der Waals surface area contributed by atoms with Gasteiger partial charge in [-0.2, -0.15) is 4.31 Å². The fourth-order valence-electron chi connectivity index (χ4n) is 5.06. The number of piperidine rings is 1. The average molecular weight is 564 g/mol. The summed E-state index contributed by atoms with van der Waals surface area (Å²) in [5.41, 5.74) is 0.155. The van der Waals surface area contributed by atoms with Gasteiger partial charge in [0, 0.05) is 29.6 Å². The highest BCUT2D eigenvalue weighted by molar-refractivity contribution is 7.89. The fraction of sp³-hybridized carbons (Fsp3) is 0.385. The van der Waals surface area contributed by atoms with Crippen LogP contribution in [0, 0.1) is 6.92 Å². The Hall–Kier alpha value is -2.43.